The average Bonchev–Trinajstić information content (AvgIpc) is 3.34. The van der Waals surface area contributed by atoms with E-state index in [1.54, 1.807) is 5.06 Å². The number of aryl methyl sites for hydroxylation is 1. The van der Waals surface area contributed by atoms with E-state index >= 15 is 0 Å². The van der Waals surface area contributed by atoms with Crippen LogP contribution in [0.2, 0.25) is 0 Å². The molecule has 0 aromatic heterocycles. The lowest BCUT2D eigenvalue weighted by Crippen LogP contribution is -2.49. The summed E-state index contributed by atoms with van der Waals surface area (Å²) in [6.45, 7) is 0. The molecule has 31 heavy (non-hydrogen) atoms. The van der Waals surface area contributed by atoms with E-state index in [0.717, 1.165) is 37.0 Å². The second-order valence-corrected chi connectivity index (χ2v) is 9.84. The summed E-state index contributed by atoms with van der Waals surface area (Å²) in [4.78, 5) is 11.4. The largest absolute Gasteiger partial charge is 0.486 e. The molecule has 1 saturated carbocycles. The third-order valence-electron chi connectivity index (χ3n) is 7.75. The van der Waals surface area contributed by atoms with Crippen LogP contribution >= 0.6 is 0 Å². The van der Waals surface area contributed by atoms with Gasteiger partial charge in [-0.2, -0.15) is 0 Å². The average molecular weight is 418 g/mol. The van der Waals surface area contributed by atoms with Crippen LogP contribution in [0.15, 0.2) is 47.5 Å². The maximum atomic E-state index is 6.86. The molecule has 162 valence electrons. The predicted molar refractivity (Wildman–Crippen MR) is 121 cm³/mol. The highest BCUT2D eigenvalue weighted by atomic mass is 16.7. The van der Waals surface area contributed by atoms with Crippen molar-refractivity contribution >= 4 is 5.96 Å². The molecule has 0 saturated heterocycles. The summed E-state index contributed by atoms with van der Waals surface area (Å²) in [5.41, 5.74) is 10.3. The van der Waals surface area contributed by atoms with E-state index in [9.17, 15) is 0 Å². The molecule has 2 heterocycles. The van der Waals surface area contributed by atoms with Crippen LogP contribution in [0.5, 0.6) is 5.75 Å². The molecule has 2 aliphatic carbocycles. The molecule has 2 atom stereocenters. The zero-order valence-corrected chi connectivity index (χ0v) is 18.3. The summed E-state index contributed by atoms with van der Waals surface area (Å²) in [5, 5.41) is 1.62. The van der Waals surface area contributed by atoms with Crippen LogP contribution in [0.1, 0.15) is 73.1 Å². The van der Waals surface area contributed by atoms with E-state index in [1.807, 2.05) is 7.05 Å². The number of nitrogens with two attached hydrogens (primary N) is 1. The molecule has 2 unspecified atom stereocenters. The van der Waals surface area contributed by atoms with Crippen LogP contribution in [0.25, 0.3) is 0 Å². The summed E-state index contributed by atoms with van der Waals surface area (Å²) in [5.74, 6) is 1.96. The first kappa shape index (κ1) is 19.2. The fourth-order valence-corrected chi connectivity index (χ4v) is 6.23. The minimum atomic E-state index is -0.805. The molecule has 2 aromatic carbocycles. The highest BCUT2D eigenvalue weighted by Gasteiger charge is 2.54. The topological polar surface area (TPSA) is 60.1 Å². The third kappa shape index (κ3) is 3.13. The SMILES string of the molecule is CN1OC2(CC3(CCCc4ccccc4C3)Oc3ccc(C4CCCC4)cc32)N=C1N. The molecule has 2 N–H and O–H groups in total. The molecule has 0 radical (unpaired) electrons. The van der Waals surface area contributed by atoms with Gasteiger partial charge in [0.05, 0.1) is 5.56 Å². The van der Waals surface area contributed by atoms with Crippen molar-refractivity contribution in [3.05, 3.63) is 64.7 Å². The first-order valence-corrected chi connectivity index (χ1v) is 11.7. The van der Waals surface area contributed by atoms with Gasteiger partial charge in [-0.15, -0.1) is 0 Å². The molecule has 5 nitrogen and oxygen atoms in total. The second kappa shape index (κ2) is 6.99. The Morgan fingerprint density at radius 2 is 1.87 bits per heavy atom. The van der Waals surface area contributed by atoms with E-state index in [4.69, 9.17) is 20.3 Å². The number of hydrogen-bond donors (Lipinski definition) is 1. The van der Waals surface area contributed by atoms with Crippen LogP contribution in [0.3, 0.4) is 0 Å². The Labute approximate surface area is 184 Å². The lowest BCUT2D eigenvalue weighted by Gasteiger charge is -2.45. The summed E-state index contributed by atoms with van der Waals surface area (Å²) in [7, 11) is 1.85. The Kier molecular flexibility index (Phi) is 4.32. The normalized spacial score (nSPS) is 30.1. The Bertz CT molecular complexity index is 1040. The van der Waals surface area contributed by atoms with Crippen LogP contribution in [0, 0.1) is 0 Å². The number of aliphatic imine (C=N–C) groups is 1. The zero-order valence-electron chi connectivity index (χ0n) is 18.3. The Morgan fingerprint density at radius 3 is 2.65 bits per heavy atom. The third-order valence-corrected chi connectivity index (χ3v) is 7.75. The van der Waals surface area contributed by atoms with Gasteiger partial charge < -0.3 is 10.5 Å². The van der Waals surface area contributed by atoms with E-state index in [2.05, 4.69) is 42.5 Å². The minimum absolute atomic E-state index is 0.344. The van der Waals surface area contributed by atoms with Gasteiger partial charge in [-0.1, -0.05) is 43.2 Å². The van der Waals surface area contributed by atoms with Crippen molar-refractivity contribution in [3.8, 4) is 5.75 Å². The number of guanidine groups is 1. The van der Waals surface area contributed by atoms with Gasteiger partial charge in [-0.05, 0) is 66.8 Å². The van der Waals surface area contributed by atoms with Gasteiger partial charge in [0.1, 0.15) is 11.4 Å². The van der Waals surface area contributed by atoms with E-state index in [0.29, 0.717) is 18.3 Å². The maximum Gasteiger partial charge on any atom is 0.222 e. The number of rotatable bonds is 1. The summed E-state index contributed by atoms with van der Waals surface area (Å²) in [6.07, 6.45) is 9.88. The zero-order chi connectivity index (χ0) is 21.1. The number of ether oxygens (including phenoxy) is 1. The van der Waals surface area contributed by atoms with Gasteiger partial charge in [0.2, 0.25) is 11.7 Å². The summed E-state index contributed by atoms with van der Waals surface area (Å²) in [6, 6.07) is 15.5. The Balaban J connectivity index is 1.45. The molecule has 6 rings (SSSR count). The van der Waals surface area contributed by atoms with E-state index in [1.165, 1.54) is 42.4 Å². The van der Waals surface area contributed by atoms with Crippen molar-refractivity contribution in [1.29, 1.82) is 0 Å². The van der Waals surface area contributed by atoms with Crippen molar-refractivity contribution in [2.45, 2.75) is 75.0 Å². The monoisotopic (exact) mass is 417 g/mol. The number of hydrogen-bond acceptors (Lipinski definition) is 5. The molecule has 5 heteroatoms. The molecule has 1 fully saturated rings. The number of fused-ring (bicyclic) bond motifs is 3. The van der Waals surface area contributed by atoms with Gasteiger partial charge in [0.25, 0.3) is 0 Å². The molecule has 4 aliphatic rings. The van der Waals surface area contributed by atoms with Crippen molar-refractivity contribution < 1.29 is 9.57 Å². The Hall–Kier alpha value is -2.53. The highest BCUT2D eigenvalue weighted by Crippen LogP contribution is 2.53. The smallest absolute Gasteiger partial charge is 0.222 e. The molecule has 2 aromatic rings. The maximum absolute atomic E-state index is 6.86. The van der Waals surface area contributed by atoms with Crippen LogP contribution in [0.4, 0.5) is 0 Å². The van der Waals surface area contributed by atoms with Crippen molar-refractivity contribution in [2.24, 2.45) is 10.7 Å². The molecule has 2 aliphatic heterocycles. The Morgan fingerprint density at radius 1 is 1.06 bits per heavy atom. The van der Waals surface area contributed by atoms with Crippen LogP contribution in [-0.4, -0.2) is 23.7 Å². The van der Waals surface area contributed by atoms with Crippen molar-refractivity contribution in [3.63, 3.8) is 0 Å². The predicted octanol–water partition coefficient (Wildman–Crippen LogP) is 4.79. The quantitative estimate of drug-likeness (QED) is 0.725. The van der Waals surface area contributed by atoms with Gasteiger partial charge in [-0.3, -0.25) is 0 Å². The number of benzene rings is 2. The summed E-state index contributed by atoms with van der Waals surface area (Å²) >= 11 is 0. The van der Waals surface area contributed by atoms with Gasteiger partial charge in [0.15, 0.2) is 0 Å². The van der Waals surface area contributed by atoms with Crippen LogP contribution < -0.4 is 10.5 Å². The fourth-order valence-electron chi connectivity index (χ4n) is 6.23. The lowest BCUT2D eigenvalue weighted by molar-refractivity contribution is -0.205. The minimum Gasteiger partial charge on any atom is -0.486 e. The van der Waals surface area contributed by atoms with Crippen LogP contribution in [-0.2, 0) is 23.4 Å². The van der Waals surface area contributed by atoms with Gasteiger partial charge >= 0.3 is 0 Å². The van der Waals surface area contributed by atoms with Crippen molar-refractivity contribution in [1.82, 2.24) is 5.06 Å². The first-order valence-electron chi connectivity index (χ1n) is 11.7. The molecule has 2 spiro atoms. The van der Waals surface area contributed by atoms with Crippen molar-refractivity contribution in [2.75, 3.05) is 7.05 Å². The summed E-state index contributed by atoms with van der Waals surface area (Å²) < 4.78 is 6.86. The highest BCUT2D eigenvalue weighted by molar-refractivity contribution is 5.79. The lowest BCUT2D eigenvalue weighted by atomic mass is 9.78. The molecule has 0 amide bonds. The second-order valence-electron chi connectivity index (χ2n) is 9.84. The molecule has 0 bridgehead atoms. The standard InChI is InChI=1S/C26H31N3O2/c1-29-24(27)28-26(31-29)17-25(14-6-11-19-9-4-5-10-21(19)16-25)30-23-13-12-20(15-22(23)26)18-7-2-3-8-18/h4-5,9-10,12-13,15,18H,2-3,6-8,11,14,16-17H2,1H3,(H2,27,28). The van der Waals surface area contributed by atoms with Gasteiger partial charge in [-0.25, -0.2) is 14.9 Å². The fraction of sp³-hybridized carbons (Fsp3) is 0.500. The van der Waals surface area contributed by atoms with E-state index < -0.39 is 5.72 Å². The first-order chi connectivity index (χ1) is 15.1. The van der Waals surface area contributed by atoms with Gasteiger partial charge in [0, 0.05) is 19.9 Å². The van der Waals surface area contributed by atoms with E-state index in [-0.39, 0.29) is 5.60 Å². The molecular formula is C26H31N3O2. The molecular weight excluding hydrogens is 386 g/mol. The number of nitrogens with zero attached hydrogens (tertiary/aromatic N) is 2. The number of hydroxylamine groups is 2.